The number of ether oxygens (including phenoxy) is 1. The molecule has 1 fully saturated rings. The normalized spacial score (nSPS) is 16.1. The zero-order valence-corrected chi connectivity index (χ0v) is 14.5. The molecule has 1 aliphatic rings. The lowest BCUT2D eigenvalue weighted by Gasteiger charge is -2.29. The molecule has 0 aliphatic carbocycles. The van der Waals surface area contributed by atoms with Gasteiger partial charge >= 0.3 is 0 Å². The summed E-state index contributed by atoms with van der Waals surface area (Å²) in [5.74, 6) is 0.432. The smallest absolute Gasteiger partial charge is 0.123 e. The molecule has 134 valence electrons. The zero-order valence-electron chi connectivity index (χ0n) is 14.5. The van der Waals surface area contributed by atoms with Crippen molar-refractivity contribution in [3.8, 4) is 5.75 Å². The molecule has 0 amide bonds. The van der Waals surface area contributed by atoms with Gasteiger partial charge in [0.1, 0.15) is 18.2 Å². The first-order valence-electron chi connectivity index (χ1n) is 9.06. The van der Waals surface area contributed by atoms with Crippen molar-refractivity contribution in [3.05, 3.63) is 65.5 Å². The van der Waals surface area contributed by atoms with Gasteiger partial charge in [0, 0.05) is 13.1 Å². The second kappa shape index (κ2) is 8.97. The fraction of sp³-hybridized carbons (Fsp3) is 0.429. The third-order valence-electron chi connectivity index (χ3n) is 4.80. The molecule has 1 aliphatic heterocycles. The number of piperidine rings is 1. The first-order valence-corrected chi connectivity index (χ1v) is 9.06. The average Bonchev–Trinajstić information content (AvgIpc) is 2.64. The quantitative estimate of drug-likeness (QED) is 0.830. The van der Waals surface area contributed by atoms with E-state index in [1.54, 1.807) is 12.1 Å². The second-order valence-corrected chi connectivity index (χ2v) is 6.69. The van der Waals surface area contributed by atoms with E-state index >= 15 is 0 Å². The van der Waals surface area contributed by atoms with E-state index in [0.29, 0.717) is 12.4 Å². The van der Waals surface area contributed by atoms with E-state index in [1.165, 1.54) is 23.3 Å². The Balaban J connectivity index is 1.49. The van der Waals surface area contributed by atoms with Gasteiger partial charge in [0.25, 0.3) is 0 Å². The molecule has 2 aromatic carbocycles. The van der Waals surface area contributed by atoms with Gasteiger partial charge in [-0.2, -0.15) is 0 Å². The van der Waals surface area contributed by atoms with Crippen molar-refractivity contribution in [3.63, 3.8) is 0 Å². The summed E-state index contributed by atoms with van der Waals surface area (Å²) in [5, 5.41) is 9.57. The first-order chi connectivity index (χ1) is 12.2. The Labute approximate surface area is 149 Å². The van der Waals surface area contributed by atoms with Gasteiger partial charge in [-0.25, -0.2) is 4.39 Å². The highest BCUT2D eigenvalue weighted by Crippen LogP contribution is 2.17. The molecule has 25 heavy (non-hydrogen) atoms. The number of benzene rings is 2. The fourth-order valence-corrected chi connectivity index (χ4v) is 3.27. The Morgan fingerprint density at radius 2 is 1.68 bits per heavy atom. The molecule has 0 spiro atoms. The SMILES string of the molecule is OC1CCN(CCCc2ccccc2COc2ccc(F)cc2)CC1. The Kier molecular flexibility index (Phi) is 6.42. The zero-order chi connectivity index (χ0) is 17.5. The minimum absolute atomic E-state index is 0.111. The summed E-state index contributed by atoms with van der Waals surface area (Å²) >= 11 is 0. The van der Waals surface area contributed by atoms with Crippen LogP contribution in [0.4, 0.5) is 4.39 Å². The number of halogens is 1. The van der Waals surface area contributed by atoms with Crippen molar-refractivity contribution < 1.29 is 14.2 Å². The van der Waals surface area contributed by atoms with Crippen molar-refractivity contribution in [2.24, 2.45) is 0 Å². The topological polar surface area (TPSA) is 32.7 Å². The summed E-state index contributed by atoms with van der Waals surface area (Å²) in [7, 11) is 0. The highest BCUT2D eigenvalue weighted by Gasteiger charge is 2.16. The molecule has 0 unspecified atom stereocenters. The van der Waals surface area contributed by atoms with Crippen LogP contribution < -0.4 is 4.74 Å². The lowest BCUT2D eigenvalue weighted by atomic mass is 10.0. The van der Waals surface area contributed by atoms with Gasteiger partial charge in [0.15, 0.2) is 0 Å². The van der Waals surface area contributed by atoms with Crippen LogP contribution in [0.25, 0.3) is 0 Å². The van der Waals surface area contributed by atoms with Gasteiger partial charge < -0.3 is 14.7 Å². The van der Waals surface area contributed by atoms with Gasteiger partial charge in [-0.15, -0.1) is 0 Å². The first kappa shape index (κ1) is 17.9. The van der Waals surface area contributed by atoms with Gasteiger partial charge in [0.05, 0.1) is 6.10 Å². The number of hydrogen-bond donors (Lipinski definition) is 1. The summed E-state index contributed by atoms with van der Waals surface area (Å²) in [4.78, 5) is 2.43. The average molecular weight is 343 g/mol. The van der Waals surface area contributed by atoms with Gasteiger partial charge in [-0.05, 0) is 67.6 Å². The molecule has 3 nitrogen and oxygen atoms in total. The number of nitrogens with zero attached hydrogens (tertiary/aromatic N) is 1. The second-order valence-electron chi connectivity index (χ2n) is 6.69. The molecule has 0 radical (unpaired) electrons. The van der Waals surface area contributed by atoms with E-state index < -0.39 is 0 Å². The highest BCUT2D eigenvalue weighted by atomic mass is 19.1. The van der Waals surface area contributed by atoms with Crippen LogP contribution in [-0.4, -0.2) is 35.7 Å². The summed E-state index contributed by atoms with van der Waals surface area (Å²) in [6.07, 6.45) is 3.79. The lowest BCUT2D eigenvalue weighted by molar-refractivity contribution is 0.0821. The Bertz CT molecular complexity index is 651. The number of aliphatic hydroxyl groups excluding tert-OH is 1. The van der Waals surface area contributed by atoms with Crippen LogP contribution in [0.15, 0.2) is 48.5 Å². The van der Waals surface area contributed by atoms with E-state index in [0.717, 1.165) is 45.3 Å². The molecule has 1 saturated heterocycles. The van der Waals surface area contributed by atoms with Gasteiger partial charge in [-0.1, -0.05) is 24.3 Å². The van der Waals surface area contributed by atoms with E-state index in [4.69, 9.17) is 4.74 Å². The summed E-state index contributed by atoms with van der Waals surface area (Å²) < 4.78 is 18.7. The predicted octanol–water partition coefficient (Wildman–Crippen LogP) is 3.79. The minimum atomic E-state index is -0.252. The van der Waals surface area contributed by atoms with Crippen molar-refractivity contribution >= 4 is 0 Å². The minimum Gasteiger partial charge on any atom is -0.489 e. The molecule has 0 saturated carbocycles. The monoisotopic (exact) mass is 343 g/mol. The van der Waals surface area contributed by atoms with Crippen molar-refractivity contribution in [2.45, 2.75) is 38.4 Å². The molecule has 0 aromatic heterocycles. The highest BCUT2D eigenvalue weighted by molar-refractivity contribution is 5.28. The predicted molar refractivity (Wildman–Crippen MR) is 97.2 cm³/mol. The van der Waals surface area contributed by atoms with Gasteiger partial charge in [0.2, 0.25) is 0 Å². The Hall–Kier alpha value is -1.91. The molecule has 2 aromatic rings. The maximum Gasteiger partial charge on any atom is 0.123 e. The number of rotatable bonds is 7. The van der Waals surface area contributed by atoms with E-state index in [1.807, 2.05) is 6.07 Å². The van der Waals surface area contributed by atoms with Crippen molar-refractivity contribution in [2.75, 3.05) is 19.6 Å². The van der Waals surface area contributed by atoms with Crippen LogP contribution in [0.2, 0.25) is 0 Å². The maximum absolute atomic E-state index is 13.0. The molecule has 0 atom stereocenters. The molecular weight excluding hydrogens is 317 g/mol. The number of aliphatic hydroxyl groups is 1. The summed E-state index contributed by atoms with van der Waals surface area (Å²) in [6, 6.07) is 14.5. The molecule has 1 N–H and O–H groups in total. The van der Waals surface area contributed by atoms with Crippen molar-refractivity contribution in [1.29, 1.82) is 0 Å². The summed E-state index contributed by atoms with van der Waals surface area (Å²) in [5.41, 5.74) is 2.49. The molecule has 1 heterocycles. The number of aryl methyl sites for hydroxylation is 1. The molecule has 3 rings (SSSR count). The van der Waals surface area contributed by atoms with E-state index in [-0.39, 0.29) is 11.9 Å². The lowest BCUT2D eigenvalue weighted by Crippen LogP contribution is -2.36. The Morgan fingerprint density at radius 1 is 1.00 bits per heavy atom. The van der Waals surface area contributed by atoms with Crippen molar-refractivity contribution in [1.82, 2.24) is 4.90 Å². The molecule has 0 bridgehead atoms. The molecular formula is C21H26FNO2. The third kappa shape index (κ3) is 5.55. The van der Waals surface area contributed by atoms with Crippen LogP contribution >= 0.6 is 0 Å². The third-order valence-corrected chi connectivity index (χ3v) is 4.80. The van der Waals surface area contributed by atoms with E-state index in [2.05, 4.69) is 23.1 Å². The molecule has 4 heteroatoms. The largest absolute Gasteiger partial charge is 0.489 e. The summed E-state index contributed by atoms with van der Waals surface area (Å²) in [6.45, 7) is 3.56. The van der Waals surface area contributed by atoms with Crippen LogP contribution in [0.3, 0.4) is 0 Å². The number of hydrogen-bond acceptors (Lipinski definition) is 3. The van der Waals surface area contributed by atoms with Crippen LogP contribution in [0.5, 0.6) is 5.75 Å². The van der Waals surface area contributed by atoms with Gasteiger partial charge in [-0.3, -0.25) is 0 Å². The fourth-order valence-electron chi connectivity index (χ4n) is 3.27. The van der Waals surface area contributed by atoms with E-state index in [9.17, 15) is 9.50 Å². The maximum atomic E-state index is 13.0. The number of likely N-dealkylation sites (tertiary alicyclic amines) is 1. The van der Waals surface area contributed by atoms with Crippen LogP contribution in [0.1, 0.15) is 30.4 Å². The Morgan fingerprint density at radius 3 is 2.40 bits per heavy atom. The van der Waals surface area contributed by atoms with Crippen LogP contribution in [0, 0.1) is 5.82 Å². The van der Waals surface area contributed by atoms with Crippen LogP contribution in [-0.2, 0) is 13.0 Å². The standard InChI is InChI=1S/C21H26FNO2/c22-19-7-9-21(10-8-19)25-16-18-5-2-1-4-17(18)6-3-13-23-14-11-20(24)12-15-23/h1-2,4-5,7-10,20,24H,3,6,11-16H2.